The van der Waals surface area contributed by atoms with E-state index in [1.165, 1.54) is 4.57 Å². The smallest absolute Gasteiger partial charge is 0.354 e. The third-order valence-corrected chi connectivity index (χ3v) is 2.71. The molecule has 3 N–H and O–H groups in total. The predicted octanol–water partition coefficient (Wildman–Crippen LogP) is 2.11. The number of para-hydroxylation sites is 1. The van der Waals surface area contributed by atoms with Gasteiger partial charge in [-0.05, 0) is 6.07 Å². The number of carbonyl (C=O) groups is 1. The van der Waals surface area contributed by atoms with Crippen LogP contribution >= 0.6 is 11.6 Å². The SMILES string of the molecule is Cn1c(C(=O)O)c(N)c2cccc(Cl)c21. The average molecular weight is 225 g/mol. The van der Waals surface area contributed by atoms with E-state index >= 15 is 0 Å². The first-order valence-electron chi connectivity index (χ1n) is 4.29. The molecule has 0 aliphatic carbocycles. The normalized spacial score (nSPS) is 10.8. The summed E-state index contributed by atoms with van der Waals surface area (Å²) in [6.07, 6.45) is 0. The Morgan fingerprint density at radius 2 is 2.20 bits per heavy atom. The van der Waals surface area contributed by atoms with Crippen LogP contribution in [0.3, 0.4) is 0 Å². The lowest BCUT2D eigenvalue weighted by Crippen LogP contribution is -2.06. The Hall–Kier alpha value is -1.68. The van der Waals surface area contributed by atoms with Crippen LogP contribution in [0.15, 0.2) is 18.2 Å². The van der Waals surface area contributed by atoms with Crippen molar-refractivity contribution in [2.24, 2.45) is 7.05 Å². The second kappa shape index (κ2) is 3.17. The minimum atomic E-state index is -1.05. The molecular formula is C10H9ClN2O2. The van der Waals surface area contributed by atoms with Crippen molar-refractivity contribution in [2.45, 2.75) is 0 Å². The second-order valence-electron chi connectivity index (χ2n) is 3.26. The van der Waals surface area contributed by atoms with E-state index in [0.717, 1.165) is 0 Å². The summed E-state index contributed by atoms with van der Waals surface area (Å²) in [7, 11) is 1.63. The summed E-state index contributed by atoms with van der Waals surface area (Å²) in [6.45, 7) is 0. The summed E-state index contributed by atoms with van der Waals surface area (Å²) in [5.74, 6) is -1.05. The summed E-state index contributed by atoms with van der Waals surface area (Å²) >= 11 is 5.98. The number of benzene rings is 1. The molecule has 1 aromatic carbocycles. The molecule has 2 aromatic rings. The number of hydrogen-bond donors (Lipinski definition) is 2. The van der Waals surface area contributed by atoms with Gasteiger partial charge in [0.1, 0.15) is 0 Å². The summed E-state index contributed by atoms with van der Waals surface area (Å²) in [5, 5.41) is 10.2. The third kappa shape index (κ3) is 1.26. The van der Waals surface area contributed by atoms with Crippen molar-refractivity contribution in [1.29, 1.82) is 0 Å². The zero-order chi connectivity index (χ0) is 11.2. The van der Waals surface area contributed by atoms with Gasteiger partial charge in [0.25, 0.3) is 0 Å². The lowest BCUT2D eigenvalue weighted by molar-refractivity contribution is 0.0688. The number of hydrogen-bond acceptors (Lipinski definition) is 2. The van der Waals surface area contributed by atoms with E-state index < -0.39 is 5.97 Å². The molecule has 1 aromatic heterocycles. The summed E-state index contributed by atoms with van der Waals surface area (Å²) in [4.78, 5) is 11.0. The van der Waals surface area contributed by atoms with Crippen molar-refractivity contribution in [3.63, 3.8) is 0 Å². The third-order valence-electron chi connectivity index (χ3n) is 2.41. The number of carboxylic acid groups (broad SMARTS) is 1. The largest absolute Gasteiger partial charge is 0.477 e. The second-order valence-corrected chi connectivity index (χ2v) is 3.67. The Bertz CT molecular complexity index is 560. The van der Waals surface area contributed by atoms with Gasteiger partial charge in [-0.2, -0.15) is 0 Å². The molecule has 78 valence electrons. The van der Waals surface area contributed by atoms with E-state index in [1.807, 2.05) is 0 Å². The molecule has 15 heavy (non-hydrogen) atoms. The summed E-state index contributed by atoms with van der Waals surface area (Å²) in [6, 6.07) is 5.20. The van der Waals surface area contributed by atoms with Gasteiger partial charge in [-0.1, -0.05) is 23.7 Å². The number of aromatic nitrogens is 1. The van der Waals surface area contributed by atoms with Gasteiger partial charge in [0.2, 0.25) is 0 Å². The maximum atomic E-state index is 11.0. The fourth-order valence-corrected chi connectivity index (χ4v) is 2.05. The molecule has 0 spiro atoms. The van der Waals surface area contributed by atoms with Crippen molar-refractivity contribution in [3.05, 3.63) is 28.9 Å². The molecular weight excluding hydrogens is 216 g/mol. The quantitative estimate of drug-likeness (QED) is 0.780. The highest BCUT2D eigenvalue weighted by atomic mass is 35.5. The van der Waals surface area contributed by atoms with Crippen LogP contribution < -0.4 is 5.73 Å². The topological polar surface area (TPSA) is 68.2 Å². The summed E-state index contributed by atoms with van der Waals surface area (Å²) < 4.78 is 1.50. The van der Waals surface area contributed by atoms with E-state index in [2.05, 4.69) is 0 Å². The first-order chi connectivity index (χ1) is 7.04. The number of fused-ring (bicyclic) bond motifs is 1. The molecule has 0 aliphatic rings. The van der Waals surface area contributed by atoms with Gasteiger partial charge < -0.3 is 15.4 Å². The molecule has 4 nitrogen and oxygen atoms in total. The summed E-state index contributed by atoms with van der Waals surface area (Å²) in [5.41, 5.74) is 6.72. The molecule has 0 unspecified atom stereocenters. The Morgan fingerprint density at radius 3 is 2.73 bits per heavy atom. The van der Waals surface area contributed by atoms with E-state index in [4.69, 9.17) is 22.4 Å². The van der Waals surface area contributed by atoms with Crippen LogP contribution in [0.2, 0.25) is 5.02 Å². The number of nitrogens with zero attached hydrogens (tertiary/aromatic N) is 1. The van der Waals surface area contributed by atoms with E-state index in [0.29, 0.717) is 15.9 Å². The Labute approximate surface area is 90.9 Å². The lowest BCUT2D eigenvalue weighted by atomic mass is 10.2. The number of rotatable bonds is 1. The number of aromatic carboxylic acids is 1. The highest BCUT2D eigenvalue weighted by molar-refractivity contribution is 6.35. The number of aryl methyl sites for hydroxylation is 1. The van der Waals surface area contributed by atoms with Crippen LogP contribution in [0.1, 0.15) is 10.5 Å². The fraction of sp³-hybridized carbons (Fsp3) is 0.100. The highest BCUT2D eigenvalue weighted by Crippen LogP contribution is 2.32. The van der Waals surface area contributed by atoms with E-state index in [1.54, 1.807) is 25.2 Å². The van der Waals surface area contributed by atoms with Crippen LogP contribution in [-0.2, 0) is 7.05 Å². The zero-order valence-electron chi connectivity index (χ0n) is 7.99. The molecule has 0 saturated carbocycles. The molecule has 0 bridgehead atoms. The van der Waals surface area contributed by atoms with Gasteiger partial charge in [0.05, 0.1) is 16.2 Å². The number of carboxylic acids is 1. The van der Waals surface area contributed by atoms with Crippen molar-refractivity contribution in [2.75, 3.05) is 5.73 Å². The fourth-order valence-electron chi connectivity index (χ4n) is 1.75. The van der Waals surface area contributed by atoms with Crippen molar-refractivity contribution in [3.8, 4) is 0 Å². The number of nitrogens with two attached hydrogens (primary N) is 1. The molecule has 0 atom stereocenters. The van der Waals surface area contributed by atoms with Gasteiger partial charge in [-0.15, -0.1) is 0 Å². The monoisotopic (exact) mass is 224 g/mol. The maximum Gasteiger partial charge on any atom is 0.354 e. The van der Waals surface area contributed by atoms with Crippen LogP contribution in [0.25, 0.3) is 10.9 Å². The zero-order valence-corrected chi connectivity index (χ0v) is 8.75. The van der Waals surface area contributed by atoms with Crippen molar-refractivity contribution < 1.29 is 9.90 Å². The van der Waals surface area contributed by atoms with E-state index in [9.17, 15) is 4.79 Å². The number of anilines is 1. The van der Waals surface area contributed by atoms with E-state index in [-0.39, 0.29) is 11.4 Å². The van der Waals surface area contributed by atoms with Crippen LogP contribution in [0, 0.1) is 0 Å². The lowest BCUT2D eigenvalue weighted by Gasteiger charge is -2.00. The van der Waals surface area contributed by atoms with Crippen LogP contribution in [0.5, 0.6) is 0 Å². The predicted molar refractivity (Wildman–Crippen MR) is 59.3 cm³/mol. The molecule has 0 saturated heterocycles. The Morgan fingerprint density at radius 1 is 1.53 bits per heavy atom. The average Bonchev–Trinajstić information content (AvgIpc) is 2.40. The molecule has 1 heterocycles. The molecule has 5 heteroatoms. The molecule has 0 amide bonds. The standard InChI is InChI=1S/C10H9ClN2O2/c1-13-8-5(3-2-4-6(8)11)7(12)9(13)10(14)15/h2-4H,12H2,1H3,(H,14,15). The minimum Gasteiger partial charge on any atom is -0.477 e. The Kier molecular flexibility index (Phi) is 2.08. The van der Waals surface area contributed by atoms with Crippen molar-refractivity contribution >= 4 is 34.2 Å². The Balaban J connectivity index is 2.98. The van der Waals surface area contributed by atoms with Crippen LogP contribution in [-0.4, -0.2) is 15.6 Å². The number of halogens is 1. The molecule has 2 rings (SSSR count). The van der Waals surface area contributed by atoms with Gasteiger partial charge in [-0.25, -0.2) is 4.79 Å². The van der Waals surface area contributed by atoms with Gasteiger partial charge in [0.15, 0.2) is 5.69 Å². The number of nitrogen functional groups attached to an aromatic ring is 1. The highest BCUT2D eigenvalue weighted by Gasteiger charge is 2.19. The first-order valence-corrected chi connectivity index (χ1v) is 4.67. The molecule has 0 fully saturated rings. The maximum absolute atomic E-state index is 11.0. The minimum absolute atomic E-state index is 0.0677. The van der Waals surface area contributed by atoms with Gasteiger partial charge in [-0.3, -0.25) is 0 Å². The molecule has 0 aliphatic heterocycles. The van der Waals surface area contributed by atoms with Crippen LogP contribution in [0.4, 0.5) is 5.69 Å². The van der Waals surface area contributed by atoms with Crippen molar-refractivity contribution in [1.82, 2.24) is 4.57 Å². The van der Waals surface area contributed by atoms with Gasteiger partial charge >= 0.3 is 5.97 Å². The first kappa shape index (κ1) is 9.86. The van der Waals surface area contributed by atoms with Gasteiger partial charge in [0, 0.05) is 12.4 Å². The molecule has 0 radical (unpaired) electrons.